The smallest absolute Gasteiger partial charge is 0.271 e. The van der Waals surface area contributed by atoms with Gasteiger partial charge in [-0.3, -0.25) is 4.79 Å². The first kappa shape index (κ1) is 14.7. The van der Waals surface area contributed by atoms with E-state index < -0.39 is 0 Å². The molecule has 1 amide bonds. The maximum absolute atomic E-state index is 12.3. The highest BCUT2D eigenvalue weighted by atomic mass is 32.1. The molecule has 0 saturated carbocycles. The van der Waals surface area contributed by atoms with Crippen LogP contribution in [0.2, 0.25) is 0 Å². The summed E-state index contributed by atoms with van der Waals surface area (Å²) in [5.74, 6) is 0.791. The summed E-state index contributed by atoms with van der Waals surface area (Å²) in [6, 6.07) is 0.150. The number of aromatic nitrogens is 1. The van der Waals surface area contributed by atoms with Gasteiger partial charge in [-0.15, -0.1) is 11.3 Å². The van der Waals surface area contributed by atoms with Gasteiger partial charge in [0.25, 0.3) is 5.91 Å². The van der Waals surface area contributed by atoms with E-state index in [0.29, 0.717) is 29.3 Å². The second kappa shape index (κ2) is 6.72. The number of hydrogen-bond donors (Lipinski definition) is 2. The Hall–Kier alpha value is -1.18. The molecule has 1 aromatic rings. The van der Waals surface area contributed by atoms with E-state index in [1.807, 2.05) is 0 Å². The predicted molar refractivity (Wildman–Crippen MR) is 80.2 cm³/mol. The SMILES string of the molecule is Nc1nc(C(=O)N[C@H]2CCOC[C@H]2C2CCOCC2)cs1. The molecule has 0 aliphatic carbocycles. The van der Waals surface area contributed by atoms with Crippen molar-refractivity contribution < 1.29 is 14.3 Å². The number of nitrogen functional groups attached to an aromatic ring is 1. The maximum atomic E-state index is 12.3. The third-order valence-electron chi connectivity index (χ3n) is 4.34. The minimum Gasteiger partial charge on any atom is -0.381 e. The molecule has 21 heavy (non-hydrogen) atoms. The average Bonchev–Trinajstić information content (AvgIpc) is 2.95. The second-order valence-electron chi connectivity index (χ2n) is 5.63. The number of carbonyl (C=O) groups is 1. The van der Waals surface area contributed by atoms with E-state index in [4.69, 9.17) is 15.2 Å². The molecule has 3 N–H and O–H groups in total. The van der Waals surface area contributed by atoms with Gasteiger partial charge in [-0.05, 0) is 25.2 Å². The zero-order chi connectivity index (χ0) is 14.7. The summed E-state index contributed by atoms with van der Waals surface area (Å²) in [4.78, 5) is 16.3. The molecule has 1 aromatic heterocycles. The van der Waals surface area contributed by atoms with Crippen molar-refractivity contribution in [3.05, 3.63) is 11.1 Å². The van der Waals surface area contributed by atoms with E-state index >= 15 is 0 Å². The van der Waals surface area contributed by atoms with Crippen molar-refractivity contribution >= 4 is 22.4 Å². The number of nitrogens with one attached hydrogen (secondary N) is 1. The lowest BCUT2D eigenvalue weighted by Crippen LogP contribution is -2.49. The Balaban J connectivity index is 1.64. The quantitative estimate of drug-likeness (QED) is 0.878. The maximum Gasteiger partial charge on any atom is 0.271 e. The van der Waals surface area contributed by atoms with Crippen molar-refractivity contribution in [2.24, 2.45) is 11.8 Å². The van der Waals surface area contributed by atoms with Crippen LogP contribution in [0.4, 0.5) is 5.13 Å². The molecule has 0 unspecified atom stereocenters. The van der Waals surface area contributed by atoms with Crippen molar-refractivity contribution in [2.75, 3.05) is 32.2 Å². The second-order valence-corrected chi connectivity index (χ2v) is 6.52. The first-order chi connectivity index (χ1) is 10.2. The third-order valence-corrected chi connectivity index (χ3v) is 5.02. The molecule has 2 saturated heterocycles. The zero-order valence-electron chi connectivity index (χ0n) is 11.9. The lowest BCUT2D eigenvalue weighted by Gasteiger charge is -2.38. The molecule has 3 rings (SSSR count). The summed E-state index contributed by atoms with van der Waals surface area (Å²) in [5, 5.41) is 5.25. The largest absolute Gasteiger partial charge is 0.381 e. The highest BCUT2D eigenvalue weighted by molar-refractivity contribution is 7.13. The number of amides is 1. The zero-order valence-corrected chi connectivity index (χ0v) is 12.7. The monoisotopic (exact) mass is 311 g/mol. The fourth-order valence-electron chi connectivity index (χ4n) is 3.18. The van der Waals surface area contributed by atoms with Gasteiger partial charge in [0.2, 0.25) is 0 Å². The van der Waals surface area contributed by atoms with Crippen LogP contribution in [0.25, 0.3) is 0 Å². The van der Waals surface area contributed by atoms with Gasteiger partial charge in [0.1, 0.15) is 5.69 Å². The summed E-state index contributed by atoms with van der Waals surface area (Å²) in [6.07, 6.45) is 2.95. The Morgan fingerprint density at radius 1 is 1.29 bits per heavy atom. The highest BCUT2D eigenvalue weighted by Gasteiger charge is 2.34. The topological polar surface area (TPSA) is 86.5 Å². The van der Waals surface area contributed by atoms with E-state index in [-0.39, 0.29) is 11.9 Å². The van der Waals surface area contributed by atoms with Gasteiger partial charge in [0.05, 0.1) is 6.61 Å². The van der Waals surface area contributed by atoms with Crippen LogP contribution in [0.3, 0.4) is 0 Å². The van der Waals surface area contributed by atoms with Gasteiger partial charge in [-0.1, -0.05) is 0 Å². The van der Waals surface area contributed by atoms with Crippen LogP contribution in [-0.2, 0) is 9.47 Å². The average molecular weight is 311 g/mol. The van der Waals surface area contributed by atoms with Crippen LogP contribution < -0.4 is 11.1 Å². The van der Waals surface area contributed by atoms with E-state index in [1.54, 1.807) is 5.38 Å². The number of anilines is 1. The van der Waals surface area contributed by atoms with Crippen molar-refractivity contribution in [2.45, 2.75) is 25.3 Å². The lowest BCUT2D eigenvalue weighted by molar-refractivity contribution is -0.0259. The Morgan fingerprint density at radius 3 is 2.76 bits per heavy atom. The molecule has 6 nitrogen and oxygen atoms in total. The minimum absolute atomic E-state index is 0.132. The summed E-state index contributed by atoms with van der Waals surface area (Å²) >= 11 is 1.29. The molecule has 3 heterocycles. The molecule has 7 heteroatoms. The van der Waals surface area contributed by atoms with Gasteiger partial charge < -0.3 is 20.5 Å². The van der Waals surface area contributed by atoms with Crippen LogP contribution in [-0.4, -0.2) is 43.4 Å². The normalized spacial score (nSPS) is 27.4. The molecular weight excluding hydrogens is 290 g/mol. The Kier molecular flexibility index (Phi) is 4.72. The fourth-order valence-corrected chi connectivity index (χ4v) is 3.73. The van der Waals surface area contributed by atoms with Crippen LogP contribution in [0, 0.1) is 11.8 Å². The van der Waals surface area contributed by atoms with E-state index in [1.165, 1.54) is 11.3 Å². The van der Waals surface area contributed by atoms with Crippen molar-refractivity contribution in [3.8, 4) is 0 Å². The van der Waals surface area contributed by atoms with E-state index in [0.717, 1.165) is 39.1 Å². The number of hydrogen-bond acceptors (Lipinski definition) is 6. The molecule has 2 aliphatic heterocycles. The molecule has 2 fully saturated rings. The van der Waals surface area contributed by atoms with Crippen LogP contribution >= 0.6 is 11.3 Å². The van der Waals surface area contributed by atoms with E-state index in [9.17, 15) is 4.79 Å². The van der Waals surface area contributed by atoms with Gasteiger partial charge in [-0.25, -0.2) is 4.98 Å². The molecule has 0 aromatic carbocycles. The summed E-state index contributed by atoms with van der Waals surface area (Å²) in [6.45, 7) is 3.04. The van der Waals surface area contributed by atoms with Crippen molar-refractivity contribution in [1.29, 1.82) is 0 Å². The van der Waals surface area contributed by atoms with Crippen molar-refractivity contribution in [3.63, 3.8) is 0 Å². The van der Waals surface area contributed by atoms with Gasteiger partial charge >= 0.3 is 0 Å². The molecule has 2 atom stereocenters. The number of ether oxygens (including phenoxy) is 2. The number of thiazole rings is 1. The standard InChI is InChI=1S/C14H21N3O3S/c15-14-17-12(8-21-14)13(18)16-11-3-6-20-7-10(11)9-1-4-19-5-2-9/h8-11H,1-7H2,(H2,15,17)(H,16,18)/t10-,11-/m0/s1. The van der Waals surface area contributed by atoms with Gasteiger partial charge in [0.15, 0.2) is 5.13 Å². The fraction of sp³-hybridized carbons (Fsp3) is 0.714. The van der Waals surface area contributed by atoms with Crippen LogP contribution in [0.1, 0.15) is 29.8 Å². The molecule has 116 valence electrons. The first-order valence-corrected chi connectivity index (χ1v) is 8.29. The lowest BCUT2D eigenvalue weighted by atomic mass is 9.79. The van der Waals surface area contributed by atoms with Gasteiger partial charge in [-0.2, -0.15) is 0 Å². The van der Waals surface area contributed by atoms with Crippen molar-refractivity contribution in [1.82, 2.24) is 10.3 Å². The van der Waals surface area contributed by atoms with E-state index in [2.05, 4.69) is 10.3 Å². The predicted octanol–water partition coefficient (Wildman–Crippen LogP) is 1.29. The highest BCUT2D eigenvalue weighted by Crippen LogP contribution is 2.30. The first-order valence-electron chi connectivity index (χ1n) is 7.41. The third kappa shape index (κ3) is 3.53. The Labute approximate surface area is 128 Å². The number of carbonyl (C=O) groups excluding carboxylic acids is 1. The number of nitrogens with two attached hydrogens (primary N) is 1. The molecule has 0 radical (unpaired) electrons. The molecule has 0 bridgehead atoms. The molecule has 0 spiro atoms. The number of nitrogens with zero attached hydrogens (tertiary/aromatic N) is 1. The number of rotatable bonds is 3. The molecule has 2 aliphatic rings. The Bertz CT molecular complexity index is 488. The summed E-state index contributed by atoms with van der Waals surface area (Å²) in [5.41, 5.74) is 6.00. The van der Waals surface area contributed by atoms with Gasteiger partial charge in [0, 0.05) is 37.2 Å². The van der Waals surface area contributed by atoms with Crippen LogP contribution in [0.5, 0.6) is 0 Å². The summed E-state index contributed by atoms with van der Waals surface area (Å²) in [7, 11) is 0. The minimum atomic E-state index is -0.132. The molecular formula is C14H21N3O3S. The summed E-state index contributed by atoms with van der Waals surface area (Å²) < 4.78 is 11.1. The van der Waals surface area contributed by atoms with Crippen LogP contribution in [0.15, 0.2) is 5.38 Å². The Morgan fingerprint density at radius 2 is 2.05 bits per heavy atom.